The molecule has 0 saturated carbocycles. The first kappa shape index (κ1) is 19.9. The molecule has 0 spiro atoms. The molecule has 4 nitrogen and oxygen atoms in total. The van der Waals surface area contributed by atoms with Crippen LogP contribution in [0.15, 0.2) is 72.8 Å². The van der Waals surface area contributed by atoms with Crippen molar-refractivity contribution in [3.8, 4) is 5.75 Å². The zero-order valence-electron chi connectivity index (χ0n) is 14.8. The van der Waals surface area contributed by atoms with E-state index in [1.165, 1.54) is 0 Å². The van der Waals surface area contributed by atoms with Gasteiger partial charge in [-0.15, -0.1) is 0 Å². The largest absolute Gasteiger partial charge is 0.423 e. The fourth-order valence-corrected chi connectivity index (χ4v) is 2.75. The molecular formula is C22H17Cl2NO3. The molecule has 3 rings (SSSR count). The maximum Gasteiger partial charge on any atom is 0.343 e. The highest BCUT2D eigenvalue weighted by Gasteiger charge is 2.09. The van der Waals surface area contributed by atoms with Crippen LogP contribution in [0, 0.1) is 0 Å². The van der Waals surface area contributed by atoms with Gasteiger partial charge in [-0.25, -0.2) is 4.79 Å². The van der Waals surface area contributed by atoms with Crippen LogP contribution in [0.4, 0.5) is 0 Å². The molecule has 142 valence electrons. The summed E-state index contributed by atoms with van der Waals surface area (Å²) in [6.07, 6.45) is 0.657. The highest BCUT2D eigenvalue weighted by atomic mass is 35.5. The zero-order valence-corrected chi connectivity index (χ0v) is 16.3. The number of rotatable bonds is 6. The van der Waals surface area contributed by atoms with Crippen molar-refractivity contribution in [3.63, 3.8) is 0 Å². The first-order valence-electron chi connectivity index (χ1n) is 8.62. The van der Waals surface area contributed by atoms with Crippen LogP contribution in [0.5, 0.6) is 5.75 Å². The van der Waals surface area contributed by atoms with Crippen molar-refractivity contribution in [2.45, 2.75) is 6.42 Å². The third kappa shape index (κ3) is 5.59. The Labute approximate surface area is 173 Å². The van der Waals surface area contributed by atoms with E-state index in [0.717, 1.165) is 5.56 Å². The van der Waals surface area contributed by atoms with Crippen LogP contribution in [0.1, 0.15) is 26.3 Å². The molecule has 0 saturated heterocycles. The smallest absolute Gasteiger partial charge is 0.343 e. The van der Waals surface area contributed by atoms with Crippen LogP contribution in [0.25, 0.3) is 0 Å². The molecule has 0 fully saturated rings. The van der Waals surface area contributed by atoms with Gasteiger partial charge < -0.3 is 10.1 Å². The number of hydrogen-bond acceptors (Lipinski definition) is 3. The second-order valence-electron chi connectivity index (χ2n) is 6.05. The Bertz CT molecular complexity index is 953. The van der Waals surface area contributed by atoms with Gasteiger partial charge in [0.2, 0.25) is 0 Å². The van der Waals surface area contributed by atoms with Crippen LogP contribution in [0.2, 0.25) is 10.0 Å². The normalized spacial score (nSPS) is 10.4. The molecule has 1 N–H and O–H groups in total. The summed E-state index contributed by atoms with van der Waals surface area (Å²) >= 11 is 11.6. The molecule has 1 amide bonds. The first-order chi connectivity index (χ1) is 13.5. The lowest BCUT2D eigenvalue weighted by Crippen LogP contribution is -2.25. The molecule has 0 aliphatic heterocycles. The lowest BCUT2D eigenvalue weighted by molar-refractivity contribution is 0.0734. The summed E-state index contributed by atoms with van der Waals surface area (Å²) < 4.78 is 5.34. The number of benzene rings is 3. The second kappa shape index (κ2) is 9.40. The summed E-state index contributed by atoms with van der Waals surface area (Å²) in [5.41, 5.74) is 2.01. The molecule has 3 aromatic rings. The Morgan fingerprint density at radius 3 is 1.86 bits per heavy atom. The summed E-state index contributed by atoms with van der Waals surface area (Å²) in [5.74, 6) is -0.140. The Hall–Kier alpha value is -2.82. The number of hydrogen-bond donors (Lipinski definition) is 1. The molecule has 28 heavy (non-hydrogen) atoms. The van der Waals surface area contributed by atoms with Crippen molar-refractivity contribution in [2.24, 2.45) is 0 Å². The molecule has 0 aliphatic rings. The van der Waals surface area contributed by atoms with Gasteiger partial charge in [0.05, 0.1) is 5.56 Å². The van der Waals surface area contributed by atoms with Crippen molar-refractivity contribution in [1.82, 2.24) is 5.32 Å². The van der Waals surface area contributed by atoms with Gasteiger partial charge in [0.1, 0.15) is 5.75 Å². The Balaban J connectivity index is 1.49. The third-order valence-electron chi connectivity index (χ3n) is 4.02. The average molecular weight is 414 g/mol. The van der Waals surface area contributed by atoms with Crippen molar-refractivity contribution >= 4 is 35.1 Å². The lowest BCUT2D eigenvalue weighted by atomic mass is 10.1. The predicted molar refractivity (Wildman–Crippen MR) is 110 cm³/mol. The van der Waals surface area contributed by atoms with Crippen LogP contribution in [-0.2, 0) is 6.42 Å². The molecule has 3 aromatic carbocycles. The van der Waals surface area contributed by atoms with Crippen LogP contribution in [0.3, 0.4) is 0 Å². The Morgan fingerprint density at radius 1 is 0.750 bits per heavy atom. The second-order valence-corrected chi connectivity index (χ2v) is 6.93. The summed E-state index contributed by atoms with van der Waals surface area (Å²) in [7, 11) is 0. The van der Waals surface area contributed by atoms with Gasteiger partial charge in [-0.05, 0) is 72.6 Å². The number of carbonyl (C=O) groups excluding carboxylic acids is 2. The van der Waals surface area contributed by atoms with Gasteiger partial charge in [-0.1, -0.05) is 35.3 Å². The van der Waals surface area contributed by atoms with E-state index in [4.69, 9.17) is 27.9 Å². The van der Waals surface area contributed by atoms with Gasteiger partial charge in [0, 0.05) is 22.2 Å². The number of esters is 1. The molecule has 0 aliphatic carbocycles. The minimum absolute atomic E-state index is 0.148. The molecule has 0 radical (unpaired) electrons. The average Bonchev–Trinajstić information content (AvgIpc) is 2.70. The molecule has 6 heteroatoms. The number of ether oxygens (including phenoxy) is 1. The summed E-state index contributed by atoms with van der Waals surface area (Å²) in [6, 6.07) is 20.4. The van der Waals surface area contributed by atoms with Crippen molar-refractivity contribution in [3.05, 3.63) is 99.5 Å². The van der Waals surface area contributed by atoms with E-state index >= 15 is 0 Å². The molecule has 0 unspecified atom stereocenters. The molecular weight excluding hydrogens is 397 g/mol. The SMILES string of the molecule is O=C(NCCc1ccc(OC(=O)c2ccc(Cl)cc2)cc1)c1ccc(Cl)cc1. The number of amides is 1. The number of nitrogens with one attached hydrogen (secondary N) is 1. The number of carbonyl (C=O) groups is 2. The Morgan fingerprint density at radius 2 is 1.29 bits per heavy atom. The minimum atomic E-state index is -0.445. The van der Waals surface area contributed by atoms with Crippen LogP contribution < -0.4 is 10.1 Å². The van der Waals surface area contributed by atoms with Gasteiger partial charge in [0.15, 0.2) is 0 Å². The molecule has 0 atom stereocenters. The summed E-state index contributed by atoms with van der Waals surface area (Å²) in [4.78, 5) is 24.1. The molecule has 0 heterocycles. The summed E-state index contributed by atoms with van der Waals surface area (Å²) in [5, 5.41) is 4.01. The van der Waals surface area contributed by atoms with Crippen LogP contribution >= 0.6 is 23.2 Å². The molecule has 0 aromatic heterocycles. The fourth-order valence-electron chi connectivity index (χ4n) is 2.50. The zero-order chi connectivity index (χ0) is 19.9. The highest BCUT2D eigenvalue weighted by Crippen LogP contribution is 2.16. The minimum Gasteiger partial charge on any atom is -0.423 e. The topological polar surface area (TPSA) is 55.4 Å². The Kier molecular flexibility index (Phi) is 6.69. The predicted octanol–water partition coefficient (Wildman–Crippen LogP) is 5.19. The quantitative estimate of drug-likeness (QED) is 0.447. The number of halogens is 2. The van der Waals surface area contributed by atoms with E-state index in [1.807, 2.05) is 12.1 Å². The fraction of sp³-hybridized carbons (Fsp3) is 0.0909. The van der Waals surface area contributed by atoms with Gasteiger partial charge >= 0.3 is 5.97 Å². The van der Waals surface area contributed by atoms with Crippen molar-refractivity contribution in [1.29, 1.82) is 0 Å². The maximum absolute atomic E-state index is 12.1. The summed E-state index contributed by atoms with van der Waals surface area (Å²) in [6.45, 7) is 0.491. The lowest BCUT2D eigenvalue weighted by Gasteiger charge is -2.07. The highest BCUT2D eigenvalue weighted by molar-refractivity contribution is 6.31. The van der Waals surface area contributed by atoms with E-state index in [2.05, 4.69) is 5.32 Å². The van der Waals surface area contributed by atoms with Gasteiger partial charge in [0.25, 0.3) is 5.91 Å². The van der Waals surface area contributed by atoms with Crippen molar-refractivity contribution < 1.29 is 14.3 Å². The van der Waals surface area contributed by atoms with Crippen LogP contribution in [-0.4, -0.2) is 18.4 Å². The van der Waals surface area contributed by atoms with E-state index in [9.17, 15) is 9.59 Å². The van der Waals surface area contributed by atoms with E-state index in [1.54, 1.807) is 60.7 Å². The monoisotopic (exact) mass is 413 g/mol. The standard InChI is InChI=1S/C22H17Cl2NO3/c23-18-7-3-16(4-8-18)21(26)25-14-13-15-1-11-20(12-2-15)28-22(27)17-5-9-19(24)10-6-17/h1-12H,13-14H2,(H,25,26). The van der Waals surface area contributed by atoms with Crippen molar-refractivity contribution in [2.75, 3.05) is 6.54 Å². The van der Waals surface area contributed by atoms with Gasteiger partial charge in [-0.2, -0.15) is 0 Å². The first-order valence-corrected chi connectivity index (χ1v) is 9.37. The molecule has 0 bridgehead atoms. The van der Waals surface area contributed by atoms with E-state index in [0.29, 0.717) is 39.9 Å². The third-order valence-corrected chi connectivity index (χ3v) is 4.52. The van der Waals surface area contributed by atoms with E-state index in [-0.39, 0.29) is 5.91 Å². The van der Waals surface area contributed by atoms with Gasteiger partial charge in [-0.3, -0.25) is 4.79 Å². The van der Waals surface area contributed by atoms with E-state index < -0.39 is 5.97 Å². The maximum atomic E-state index is 12.1.